The second-order valence-electron chi connectivity index (χ2n) is 2.28. The van der Waals surface area contributed by atoms with Gasteiger partial charge in [0.25, 0.3) is 0 Å². The molecule has 2 nitrogen and oxygen atoms in total. The summed E-state index contributed by atoms with van der Waals surface area (Å²) in [5.41, 5.74) is 0. The maximum absolute atomic E-state index is 10.9. The predicted molar refractivity (Wildman–Crippen MR) is 44.7 cm³/mol. The molecule has 1 fully saturated rings. The van der Waals surface area contributed by atoms with Gasteiger partial charge in [-0.2, -0.15) is 0 Å². The Labute approximate surface area is 75.6 Å². The zero-order valence-corrected chi connectivity index (χ0v) is 8.31. The molecule has 0 aliphatic heterocycles. The van der Waals surface area contributed by atoms with Crippen LogP contribution in [-0.4, -0.2) is 21.2 Å². The van der Waals surface area contributed by atoms with E-state index >= 15 is 0 Å². The average Bonchev–Trinajstić information content (AvgIpc) is 1.84. The fraction of sp³-hybridized carbons (Fsp3) is 0.667. The van der Waals surface area contributed by atoms with Crippen LogP contribution in [0.3, 0.4) is 0 Å². The molecule has 10 heavy (non-hydrogen) atoms. The normalized spacial score (nSPS) is 34.6. The zero-order chi connectivity index (χ0) is 7.72. The fourth-order valence-corrected chi connectivity index (χ4v) is 1.85. The van der Waals surface area contributed by atoms with Gasteiger partial charge >= 0.3 is 0 Å². The van der Waals surface area contributed by atoms with Gasteiger partial charge in [-0.3, -0.25) is 9.59 Å². The predicted octanol–water partition coefficient (Wildman–Crippen LogP) is 1.45. The molecule has 0 amide bonds. The van der Waals surface area contributed by atoms with Crippen molar-refractivity contribution in [1.82, 2.24) is 0 Å². The summed E-state index contributed by atoms with van der Waals surface area (Å²) in [6.07, 6.45) is 0.656. The van der Waals surface area contributed by atoms with Crippen molar-refractivity contribution in [3.63, 3.8) is 0 Å². The highest BCUT2D eigenvalue weighted by Gasteiger charge is 2.31. The van der Waals surface area contributed by atoms with Crippen molar-refractivity contribution in [2.45, 2.75) is 22.5 Å². The minimum absolute atomic E-state index is 0.112. The molecule has 0 heterocycles. The number of rotatable bonds is 0. The molecular formula is C6H6Br2O2. The van der Waals surface area contributed by atoms with Crippen LogP contribution in [0.2, 0.25) is 0 Å². The summed E-state index contributed by atoms with van der Waals surface area (Å²) in [4.78, 5) is 21.4. The summed E-state index contributed by atoms with van der Waals surface area (Å²) in [5.74, 6) is 0.225. The molecule has 1 aliphatic carbocycles. The Morgan fingerprint density at radius 1 is 1.00 bits per heavy atom. The number of halogens is 2. The van der Waals surface area contributed by atoms with Crippen LogP contribution in [0.1, 0.15) is 12.8 Å². The van der Waals surface area contributed by atoms with Gasteiger partial charge in [-0.05, 0) is 0 Å². The number of hydrogen-bond acceptors (Lipinski definition) is 2. The first-order valence-electron chi connectivity index (χ1n) is 2.95. The molecule has 4 heteroatoms. The van der Waals surface area contributed by atoms with E-state index in [1.54, 1.807) is 0 Å². The summed E-state index contributed by atoms with van der Waals surface area (Å²) in [5, 5.41) is 0. The fourth-order valence-electron chi connectivity index (χ4n) is 0.837. The summed E-state index contributed by atoms with van der Waals surface area (Å²) in [7, 11) is 0. The number of hydrogen-bond donors (Lipinski definition) is 0. The van der Waals surface area contributed by atoms with Crippen LogP contribution in [0.15, 0.2) is 0 Å². The molecule has 0 aromatic rings. The number of alkyl halides is 2. The molecule has 1 rings (SSSR count). The van der Waals surface area contributed by atoms with Gasteiger partial charge in [0, 0.05) is 12.8 Å². The first-order chi connectivity index (χ1) is 4.61. The molecular weight excluding hydrogens is 264 g/mol. The summed E-state index contributed by atoms with van der Waals surface area (Å²) < 4.78 is 0. The summed E-state index contributed by atoms with van der Waals surface area (Å²) in [6, 6.07) is 0. The molecule has 2 atom stereocenters. The maximum atomic E-state index is 10.9. The molecule has 56 valence electrons. The number of Topliss-reactive ketones (excluding diaryl/α,β-unsaturated/α-hetero) is 2. The van der Waals surface area contributed by atoms with E-state index in [0.29, 0.717) is 12.8 Å². The smallest absolute Gasteiger partial charge is 0.148 e. The van der Waals surface area contributed by atoms with Gasteiger partial charge in [0.1, 0.15) is 11.6 Å². The van der Waals surface area contributed by atoms with Crippen LogP contribution >= 0.6 is 31.9 Å². The Bertz CT molecular complexity index is 159. The molecule has 2 unspecified atom stereocenters. The highest BCUT2D eigenvalue weighted by Crippen LogP contribution is 2.23. The second kappa shape index (κ2) is 3.13. The van der Waals surface area contributed by atoms with Crippen LogP contribution < -0.4 is 0 Å². The van der Waals surface area contributed by atoms with Gasteiger partial charge < -0.3 is 0 Å². The molecule has 1 aliphatic rings. The van der Waals surface area contributed by atoms with Crippen molar-refractivity contribution >= 4 is 43.4 Å². The third-order valence-electron chi connectivity index (χ3n) is 1.46. The first kappa shape index (κ1) is 8.40. The molecule has 1 saturated carbocycles. The Hall–Kier alpha value is 0.300. The SMILES string of the molecule is O=C1CC(Br)C(=O)CC1Br. The van der Waals surface area contributed by atoms with Gasteiger partial charge in [-0.1, -0.05) is 31.9 Å². The second-order valence-corrected chi connectivity index (χ2v) is 4.49. The molecule has 0 N–H and O–H groups in total. The van der Waals surface area contributed by atoms with E-state index in [9.17, 15) is 9.59 Å². The molecule has 0 aromatic carbocycles. The molecule has 0 bridgehead atoms. The monoisotopic (exact) mass is 268 g/mol. The Morgan fingerprint density at radius 2 is 1.30 bits per heavy atom. The lowest BCUT2D eigenvalue weighted by atomic mass is 9.98. The van der Waals surface area contributed by atoms with Gasteiger partial charge in [0.2, 0.25) is 0 Å². The largest absolute Gasteiger partial charge is 0.298 e. The topological polar surface area (TPSA) is 34.1 Å². The standard InChI is InChI=1S/C6H6Br2O2/c7-3-1-5(9)4(8)2-6(3)10/h3-4H,1-2H2. The molecule has 0 aromatic heterocycles. The lowest BCUT2D eigenvalue weighted by Gasteiger charge is -2.17. The quantitative estimate of drug-likeness (QED) is 0.624. The van der Waals surface area contributed by atoms with E-state index in [0.717, 1.165) is 0 Å². The highest BCUT2D eigenvalue weighted by molar-refractivity contribution is 9.10. The van der Waals surface area contributed by atoms with Crippen molar-refractivity contribution in [1.29, 1.82) is 0 Å². The molecule has 0 radical (unpaired) electrons. The number of carbonyl (C=O) groups excluding carboxylic acids is 2. The highest BCUT2D eigenvalue weighted by atomic mass is 79.9. The molecule has 0 saturated heterocycles. The Kier molecular flexibility index (Phi) is 2.63. The van der Waals surface area contributed by atoms with E-state index in [1.165, 1.54) is 0 Å². The van der Waals surface area contributed by atoms with Crippen LogP contribution in [0.4, 0.5) is 0 Å². The van der Waals surface area contributed by atoms with Gasteiger partial charge in [-0.25, -0.2) is 0 Å². The minimum Gasteiger partial charge on any atom is -0.298 e. The maximum Gasteiger partial charge on any atom is 0.148 e. The van der Waals surface area contributed by atoms with E-state index in [4.69, 9.17) is 0 Å². The molecule has 0 spiro atoms. The van der Waals surface area contributed by atoms with Crippen LogP contribution in [0.5, 0.6) is 0 Å². The lowest BCUT2D eigenvalue weighted by Crippen LogP contribution is -2.32. The van der Waals surface area contributed by atoms with Crippen LogP contribution in [-0.2, 0) is 9.59 Å². The Morgan fingerprint density at radius 3 is 1.60 bits per heavy atom. The van der Waals surface area contributed by atoms with E-state index in [1.807, 2.05) is 0 Å². The third-order valence-corrected chi connectivity index (χ3v) is 3.13. The van der Waals surface area contributed by atoms with Crippen molar-refractivity contribution in [3.05, 3.63) is 0 Å². The average molecular weight is 270 g/mol. The summed E-state index contributed by atoms with van der Waals surface area (Å²) >= 11 is 6.26. The van der Waals surface area contributed by atoms with Gasteiger partial charge in [0.05, 0.1) is 9.65 Å². The third kappa shape index (κ3) is 1.66. The number of carbonyl (C=O) groups is 2. The minimum atomic E-state index is -0.242. The van der Waals surface area contributed by atoms with Crippen molar-refractivity contribution in [2.24, 2.45) is 0 Å². The van der Waals surface area contributed by atoms with Gasteiger partial charge in [0.15, 0.2) is 0 Å². The van der Waals surface area contributed by atoms with Crippen molar-refractivity contribution in [2.75, 3.05) is 0 Å². The van der Waals surface area contributed by atoms with Crippen LogP contribution in [0.25, 0.3) is 0 Å². The zero-order valence-electron chi connectivity index (χ0n) is 5.14. The van der Waals surface area contributed by atoms with Crippen LogP contribution in [0, 0.1) is 0 Å². The van der Waals surface area contributed by atoms with E-state index in [-0.39, 0.29) is 21.2 Å². The van der Waals surface area contributed by atoms with Gasteiger partial charge in [-0.15, -0.1) is 0 Å². The lowest BCUT2D eigenvalue weighted by molar-refractivity contribution is -0.127. The van der Waals surface area contributed by atoms with Crippen molar-refractivity contribution in [3.8, 4) is 0 Å². The summed E-state index contributed by atoms with van der Waals surface area (Å²) in [6.45, 7) is 0. The Balaban J connectivity index is 2.63. The number of ketones is 2. The van der Waals surface area contributed by atoms with E-state index in [2.05, 4.69) is 31.9 Å². The first-order valence-corrected chi connectivity index (χ1v) is 4.78. The van der Waals surface area contributed by atoms with Crippen molar-refractivity contribution < 1.29 is 9.59 Å². The van der Waals surface area contributed by atoms with E-state index < -0.39 is 0 Å².